The lowest BCUT2D eigenvalue weighted by molar-refractivity contribution is -0.870. The van der Waals surface area contributed by atoms with Crippen LogP contribution in [0.2, 0.25) is 0 Å². The smallest absolute Gasteiger partial charge is 0.306 e. The number of carbonyl (C=O) groups is 3. The first-order valence-electron chi connectivity index (χ1n) is 38.3. The molecule has 0 heterocycles. The van der Waals surface area contributed by atoms with Crippen molar-refractivity contribution in [2.75, 3.05) is 47.5 Å². The first kappa shape index (κ1) is 88.4. The molecule has 0 N–H and O–H groups in total. The van der Waals surface area contributed by atoms with E-state index in [1.165, 1.54) is 173 Å². The Bertz CT molecular complexity index is 2000. The fourth-order valence-corrected chi connectivity index (χ4v) is 10.6. The predicted molar refractivity (Wildman–Crippen MR) is 398 cm³/mol. The molecule has 0 spiro atoms. The first-order valence-corrected chi connectivity index (χ1v) is 38.3. The molecular weight excluding hydrogens is 1150 g/mol. The number of hydrogen-bond donors (Lipinski definition) is 0. The minimum absolute atomic E-state index is 0.143. The van der Waals surface area contributed by atoms with Gasteiger partial charge in [-0.15, -0.1) is 0 Å². The zero-order valence-electron chi connectivity index (χ0n) is 60.8. The Morgan fingerprint density at radius 1 is 0.323 bits per heavy atom. The zero-order valence-corrected chi connectivity index (χ0v) is 60.8. The van der Waals surface area contributed by atoms with Gasteiger partial charge in [0.25, 0.3) is 0 Å². The molecule has 0 aliphatic rings. The molecule has 532 valence electrons. The third-order valence-electron chi connectivity index (χ3n) is 16.4. The predicted octanol–water partition coefficient (Wildman–Crippen LogP) is 23.1. The van der Waals surface area contributed by atoms with E-state index < -0.39 is 24.3 Å². The van der Waals surface area contributed by atoms with Gasteiger partial charge in [0.15, 0.2) is 12.4 Å². The molecule has 0 aromatic rings. The van der Waals surface area contributed by atoms with E-state index in [9.17, 15) is 19.5 Å². The van der Waals surface area contributed by atoms with E-state index in [0.29, 0.717) is 17.4 Å². The molecule has 93 heavy (non-hydrogen) atoms. The number of unbranched alkanes of at least 4 members (excludes halogenated alkanes) is 33. The van der Waals surface area contributed by atoms with Gasteiger partial charge in [0, 0.05) is 12.8 Å². The van der Waals surface area contributed by atoms with Gasteiger partial charge in [-0.25, -0.2) is 0 Å². The summed E-state index contributed by atoms with van der Waals surface area (Å²) in [5, 5.41) is 11.9. The fraction of sp³-hybridized carbons (Fsp3) is 0.702. The Kier molecular flexibility index (Phi) is 69.6. The normalized spacial score (nSPS) is 13.4. The van der Waals surface area contributed by atoms with E-state index in [1.54, 1.807) is 0 Å². The number of carboxylic acid groups (broad SMARTS) is 1. The first-order chi connectivity index (χ1) is 45.6. The summed E-state index contributed by atoms with van der Waals surface area (Å²) in [7, 11) is 5.93. The van der Waals surface area contributed by atoms with E-state index in [2.05, 4.69) is 148 Å². The summed E-state index contributed by atoms with van der Waals surface area (Å²) in [6.07, 6.45) is 103. The van der Waals surface area contributed by atoms with Crippen LogP contribution in [0.1, 0.15) is 322 Å². The van der Waals surface area contributed by atoms with Crippen molar-refractivity contribution >= 4 is 17.9 Å². The van der Waals surface area contributed by atoms with Crippen molar-refractivity contribution in [3.05, 3.63) is 134 Å². The third kappa shape index (κ3) is 74.7. The summed E-state index contributed by atoms with van der Waals surface area (Å²) < 4.78 is 22.8. The molecule has 0 bridgehead atoms. The number of carboxylic acids is 1. The van der Waals surface area contributed by atoms with Crippen molar-refractivity contribution in [2.45, 2.75) is 334 Å². The maximum absolute atomic E-state index is 13.0. The standard InChI is InChI=1S/C84H143NO8/c1-6-8-10-12-14-16-18-20-22-24-26-28-30-32-34-36-38-40-41-43-44-46-48-50-52-54-56-58-60-62-64-66-68-70-72-74-81(86)91-78-80(79-92-84(83(88)89)90-77-76-85(3,4)5)93-82(87)75-73-71-69-67-65-63-61-59-57-55-53-51-49-47-45-42-39-37-35-33-31-29-27-25-23-21-19-17-15-13-11-9-7-2/h8-11,14-17,20-23,26-29,33,35,39,42,47,49,80,84H,6-7,12-13,18-19,24-25,30-32,34,36-38,40-41,43-46,48,50-79H2,1-5H3/b10-8-,11-9-,16-14-,17-15-,22-20-,23-21-,28-26-,29-27-,35-33-,42-39-,49-47-. The van der Waals surface area contributed by atoms with Crippen LogP contribution in [0.15, 0.2) is 134 Å². The van der Waals surface area contributed by atoms with Gasteiger partial charge in [0.2, 0.25) is 0 Å². The molecule has 9 nitrogen and oxygen atoms in total. The molecule has 0 saturated heterocycles. The van der Waals surface area contributed by atoms with Crippen LogP contribution in [0.4, 0.5) is 0 Å². The SMILES string of the molecule is CC/C=C\C/C=C\C/C=C\C/C=C\C/C=C\C/C=C\C/C=C\CCCCCCCCCCCCCC(=O)OC(COC(=O)CCCCCCCCCCCCCCCCCCCCCCCC/C=C\C/C=C\C/C=C\C/C=C\CC)COC(OCC[N+](C)(C)C)C(=O)[O-]. The number of nitrogens with zero attached hydrogens (tertiary/aromatic N) is 1. The Morgan fingerprint density at radius 3 is 0.860 bits per heavy atom. The minimum atomic E-state index is -1.63. The molecule has 0 fully saturated rings. The van der Waals surface area contributed by atoms with Crippen molar-refractivity contribution in [2.24, 2.45) is 0 Å². The zero-order chi connectivity index (χ0) is 67.5. The van der Waals surface area contributed by atoms with Crippen molar-refractivity contribution in [3.63, 3.8) is 0 Å². The molecule has 2 atom stereocenters. The summed E-state index contributed by atoms with van der Waals surface area (Å²) in [5.41, 5.74) is 0. The fourth-order valence-electron chi connectivity index (χ4n) is 10.6. The number of aliphatic carboxylic acids is 1. The number of likely N-dealkylation sites (N-methyl/N-ethyl adjacent to an activating group) is 1. The summed E-state index contributed by atoms with van der Waals surface area (Å²) in [6, 6.07) is 0. The average Bonchev–Trinajstić information content (AvgIpc) is 3.74. The summed E-state index contributed by atoms with van der Waals surface area (Å²) in [4.78, 5) is 37.6. The van der Waals surface area contributed by atoms with Gasteiger partial charge < -0.3 is 33.3 Å². The highest BCUT2D eigenvalue weighted by molar-refractivity contribution is 5.70. The number of rotatable bonds is 70. The number of carbonyl (C=O) groups excluding carboxylic acids is 3. The molecule has 0 amide bonds. The van der Waals surface area contributed by atoms with Crippen LogP contribution in [0.5, 0.6) is 0 Å². The lowest BCUT2D eigenvalue weighted by Gasteiger charge is -2.26. The molecule has 0 rings (SSSR count). The summed E-state index contributed by atoms with van der Waals surface area (Å²) in [5.74, 6) is -2.28. The highest BCUT2D eigenvalue weighted by Crippen LogP contribution is 2.18. The monoisotopic (exact) mass is 1290 g/mol. The molecule has 0 radical (unpaired) electrons. The van der Waals surface area contributed by atoms with Crippen LogP contribution in [-0.4, -0.2) is 82.3 Å². The van der Waals surface area contributed by atoms with Crippen LogP contribution >= 0.6 is 0 Å². The maximum Gasteiger partial charge on any atom is 0.306 e. The van der Waals surface area contributed by atoms with E-state index in [1.807, 2.05) is 21.1 Å². The number of quaternary nitrogens is 1. The van der Waals surface area contributed by atoms with Gasteiger partial charge in [-0.1, -0.05) is 334 Å². The second-order valence-corrected chi connectivity index (χ2v) is 26.5. The summed E-state index contributed by atoms with van der Waals surface area (Å²) in [6.45, 7) is 4.54. The average molecular weight is 1300 g/mol. The van der Waals surface area contributed by atoms with E-state index >= 15 is 0 Å². The van der Waals surface area contributed by atoms with Crippen LogP contribution in [0.3, 0.4) is 0 Å². The van der Waals surface area contributed by atoms with Crippen molar-refractivity contribution in [1.82, 2.24) is 0 Å². The molecule has 0 aromatic carbocycles. The van der Waals surface area contributed by atoms with Crippen molar-refractivity contribution in [1.29, 1.82) is 0 Å². The van der Waals surface area contributed by atoms with E-state index in [0.717, 1.165) is 116 Å². The molecule has 0 saturated carbocycles. The Balaban J connectivity index is 4.06. The van der Waals surface area contributed by atoms with Crippen LogP contribution in [-0.2, 0) is 33.3 Å². The van der Waals surface area contributed by atoms with Gasteiger partial charge in [-0.2, -0.15) is 0 Å². The second kappa shape index (κ2) is 73.2. The highest BCUT2D eigenvalue weighted by Gasteiger charge is 2.22. The minimum Gasteiger partial charge on any atom is -0.545 e. The largest absolute Gasteiger partial charge is 0.545 e. The van der Waals surface area contributed by atoms with Gasteiger partial charge in [0.1, 0.15) is 13.2 Å². The van der Waals surface area contributed by atoms with Crippen LogP contribution in [0.25, 0.3) is 0 Å². The molecule has 0 aromatic heterocycles. The third-order valence-corrected chi connectivity index (χ3v) is 16.4. The van der Waals surface area contributed by atoms with Crippen molar-refractivity contribution < 1.29 is 42.9 Å². The second-order valence-electron chi connectivity index (χ2n) is 26.5. The Labute approximate surface area is 573 Å². The molecular formula is C84H143NO8. The number of esters is 2. The van der Waals surface area contributed by atoms with Crippen molar-refractivity contribution in [3.8, 4) is 0 Å². The maximum atomic E-state index is 13.0. The lowest BCUT2D eigenvalue weighted by Crippen LogP contribution is -2.44. The van der Waals surface area contributed by atoms with Crippen LogP contribution in [0, 0.1) is 0 Å². The van der Waals surface area contributed by atoms with E-state index in [4.69, 9.17) is 18.9 Å². The topological polar surface area (TPSA) is 111 Å². The Hall–Kier alpha value is -4.57. The number of ether oxygens (including phenoxy) is 4. The molecule has 0 aliphatic carbocycles. The quantitative estimate of drug-likeness (QED) is 0.0195. The van der Waals surface area contributed by atoms with E-state index in [-0.39, 0.29) is 38.6 Å². The molecule has 9 heteroatoms. The number of hydrogen-bond acceptors (Lipinski definition) is 8. The number of allylic oxidation sites excluding steroid dienone is 22. The molecule has 2 unspecified atom stereocenters. The molecule has 0 aliphatic heterocycles. The van der Waals surface area contributed by atoms with Gasteiger partial charge in [0.05, 0.1) is 40.3 Å². The van der Waals surface area contributed by atoms with Crippen LogP contribution < -0.4 is 5.11 Å². The summed E-state index contributed by atoms with van der Waals surface area (Å²) >= 11 is 0. The van der Waals surface area contributed by atoms with Gasteiger partial charge in [-0.05, 0) is 109 Å². The lowest BCUT2D eigenvalue weighted by atomic mass is 10.0. The highest BCUT2D eigenvalue weighted by atomic mass is 16.7. The van der Waals surface area contributed by atoms with Gasteiger partial charge in [-0.3, -0.25) is 9.59 Å². The van der Waals surface area contributed by atoms with Gasteiger partial charge >= 0.3 is 11.9 Å². The Morgan fingerprint density at radius 2 is 0.581 bits per heavy atom.